The molecule has 2 aromatic rings. The highest BCUT2D eigenvalue weighted by atomic mass is 19.4. The molecule has 134 valence electrons. The first-order chi connectivity index (χ1) is 11.9. The van der Waals surface area contributed by atoms with Crippen LogP contribution in [0.25, 0.3) is 0 Å². The molecule has 1 atom stereocenters. The number of ether oxygens (including phenoxy) is 2. The molecule has 1 saturated carbocycles. The van der Waals surface area contributed by atoms with Gasteiger partial charge in [-0.1, -0.05) is 6.07 Å². The van der Waals surface area contributed by atoms with Gasteiger partial charge in [-0.15, -0.1) is 0 Å². The Hall–Kier alpha value is -2.06. The molecule has 1 aliphatic heterocycles. The molecule has 1 saturated heterocycles. The molecule has 1 aromatic carbocycles. The number of nitrogens with one attached hydrogen (secondary N) is 2. The topological polar surface area (TPSA) is 59.2 Å². The van der Waals surface area contributed by atoms with Crippen molar-refractivity contribution in [3.05, 3.63) is 41.6 Å². The summed E-state index contributed by atoms with van der Waals surface area (Å²) in [5.74, 6) is 0.260. The molecule has 2 aliphatic rings. The van der Waals surface area contributed by atoms with E-state index in [-0.39, 0.29) is 5.92 Å². The number of H-pyrrole nitrogens is 1. The number of hydrogen-bond acceptors (Lipinski definition) is 4. The van der Waals surface area contributed by atoms with Crippen LogP contribution in [0.2, 0.25) is 0 Å². The fourth-order valence-corrected chi connectivity index (χ4v) is 3.53. The third-order valence-corrected chi connectivity index (χ3v) is 4.74. The number of halogens is 3. The Morgan fingerprint density at radius 1 is 1.20 bits per heavy atom. The summed E-state index contributed by atoms with van der Waals surface area (Å²) < 4.78 is 49.8. The van der Waals surface area contributed by atoms with E-state index in [0.717, 1.165) is 37.1 Å². The number of anilines is 2. The van der Waals surface area contributed by atoms with Gasteiger partial charge in [-0.05, 0) is 24.6 Å². The summed E-state index contributed by atoms with van der Waals surface area (Å²) in [7, 11) is 0. The maximum absolute atomic E-state index is 12.8. The van der Waals surface area contributed by atoms with Crippen LogP contribution >= 0.6 is 0 Å². The molecule has 1 unspecified atom stereocenters. The molecule has 0 amide bonds. The lowest BCUT2D eigenvalue weighted by atomic mass is 10.0. The van der Waals surface area contributed by atoms with Crippen molar-refractivity contribution in [1.29, 1.82) is 0 Å². The van der Waals surface area contributed by atoms with Gasteiger partial charge >= 0.3 is 6.18 Å². The number of benzene rings is 1. The minimum Gasteiger partial charge on any atom is -0.348 e. The molecular weight excluding hydrogens is 335 g/mol. The predicted octanol–water partition coefficient (Wildman–Crippen LogP) is 4.18. The predicted molar refractivity (Wildman–Crippen MR) is 84.5 cm³/mol. The number of rotatable bonds is 3. The lowest BCUT2D eigenvalue weighted by molar-refractivity contribution is -0.151. The molecule has 1 aliphatic carbocycles. The summed E-state index contributed by atoms with van der Waals surface area (Å²) in [6.45, 7) is 1.25. The van der Waals surface area contributed by atoms with Gasteiger partial charge in [-0.25, -0.2) is 0 Å². The van der Waals surface area contributed by atoms with Crippen LogP contribution in [0.15, 0.2) is 30.3 Å². The highest BCUT2D eigenvalue weighted by Gasteiger charge is 2.44. The summed E-state index contributed by atoms with van der Waals surface area (Å²) in [5, 5.41) is 10.1. The minimum atomic E-state index is -4.37. The molecule has 25 heavy (non-hydrogen) atoms. The van der Waals surface area contributed by atoms with E-state index >= 15 is 0 Å². The van der Waals surface area contributed by atoms with Crippen LogP contribution in [0.3, 0.4) is 0 Å². The molecule has 4 rings (SSSR count). The molecule has 5 nitrogen and oxygen atoms in total. The molecule has 8 heteroatoms. The molecule has 0 radical (unpaired) electrons. The van der Waals surface area contributed by atoms with Gasteiger partial charge in [0, 0.05) is 36.2 Å². The summed E-state index contributed by atoms with van der Waals surface area (Å²) in [6.07, 6.45) is -1.84. The van der Waals surface area contributed by atoms with Gasteiger partial charge < -0.3 is 14.8 Å². The normalized spacial score (nSPS) is 22.6. The fourth-order valence-electron chi connectivity index (χ4n) is 3.53. The number of nitrogens with zero attached hydrogens (tertiary/aromatic N) is 1. The molecular formula is C17H18F3N3O2. The maximum atomic E-state index is 12.8. The zero-order chi connectivity index (χ0) is 17.5. The van der Waals surface area contributed by atoms with Crippen molar-refractivity contribution < 1.29 is 22.6 Å². The van der Waals surface area contributed by atoms with Gasteiger partial charge in [0.1, 0.15) is 0 Å². The standard InChI is InChI=1S/C17H18F3N3O2/c18-17(19,20)12-2-1-3-13(8-12)21-15-9-14(22-23-15)11-4-5-16(10-11)24-6-7-25-16/h1-3,8-9,11H,4-7,10H2,(H2,21,22,23). The van der Waals surface area contributed by atoms with Gasteiger partial charge in [0.25, 0.3) is 0 Å². The Morgan fingerprint density at radius 3 is 2.76 bits per heavy atom. The number of aromatic nitrogens is 2. The summed E-state index contributed by atoms with van der Waals surface area (Å²) in [4.78, 5) is 0. The van der Waals surface area contributed by atoms with Crippen LogP contribution in [0.1, 0.15) is 36.4 Å². The maximum Gasteiger partial charge on any atom is 0.416 e. The van der Waals surface area contributed by atoms with E-state index in [9.17, 15) is 13.2 Å². The zero-order valence-corrected chi connectivity index (χ0v) is 13.4. The van der Waals surface area contributed by atoms with E-state index in [1.54, 1.807) is 6.07 Å². The van der Waals surface area contributed by atoms with E-state index in [2.05, 4.69) is 15.5 Å². The van der Waals surface area contributed by atoms with Gasteiger partial charge in [-0.3, -0.25) is 5.10 Å². The van der Waals surface area contributed by atoms with Gasteiger partial charge in [0.2, 0.25) is 0 Å². The average molecular weight is 353 g/mol. The Morgan fingerprint density at radius 2 is 2.00 bits per heavy atom. The SMILES string of the molecule is FC(F)(F)c1cccc(Nc2cc(C3CCC4(C3)OCCO4)[nH]n2)c1. The lowest BCUT2D eigenvalue weighted by Gasteiger charge is -2.21. The monoisotopic (exact) mass is 353 g/mol. The fraction of sp³-hybridized carbons (Fsp3) is 0.471. The molecule has 1 aromatic heterocycles. The second kappa shape index (κ2) is 6.03. The van der Waals surface area contributed by atoms with Crippen molar-refractivity contribution >= 4 is 11.5 Å². The van der Waals surface area contributed by atoms with Crippen molar-refractivity contribution in [3.63, 3.8) is 0 Å². The van der Waals surface area contributed by atoms with Crippen LogP contribution in [0.4, 0.5) is 24.7 Å². The van der Waals surface area contributed by atoms with E-state index in [1.807, 2.05) is 6.07 Å². The van der Waals surface area contributed by atoms with Crippen molar-refractivity contribution in [2.75, 3.05) is 18.5 Å². The zero-order valence-electron chi connectivity index (χ0n) is 13.4. The highest BCUT2D eigenvalue weighted by molar-refractivity contribution is 5.57. The Balaban J connectivity index is 1.45. The van der Waals surface area contributed by atoms with Crippen molar-refractivity contribution in [3.8, 4) is 0 Å². The highest BCUT2D eigenvalue weighted by Crippen LogP contribution is 2.45. The van der Waals surface area contributed by atoms with E-state index in [4.69, 9.17) is 9.47 Å². The van der Waals surface area contributed by atoms with Crippen LogP contribution in [-0.2, 0) is 15.7 Å². The van der Waals surface area contributed by atoms with Crippen LogP contribution in [0.5, 0.6) is 0 Å². The third-order valence-electron chi connectivity index (χ3n) is 4.74. The summed E-state index contributed by atoms with van der Waals surface area (Å²) in [5.41, 5.74) is 0.588. The Labute approximate surface area is 142 Å². The smallest absolute Gasteiger partial charge is 0.348 e. The molecule has 1 spiro atoms. The number of aromatic amines is 1. The van der Waals surface area contributed by atoms with Crippen molar-refractivity contribution in [1.82, 2.24) is 10.2 Å². The van der Waals surface area contributed by atoms with E-state index in [1.165, 1.54) is 6.07 Å². The molecule has 2 N–H and O–H groups in total. The van der Waals surface area contributed by atoms with Crippen molar-refractivity contribution in [2.24, 2.45) is 0 Å². The first kappa shape index (κ1) is 16.4. The first-order valence-electron chi connectivity index (χ1n) is 8.21. The Kier molecular flexibility index (Phi) is 3.96. The largest absolute Gasteiger partial charge is 0.416 e. The first-order valence-corrected chi connectivity index (χ1v) is 8.21. The lowest BCUT2D eigenvalue weighted by Crippen LogP contribution is -2.25. The second-order valence-electron chi connectivity index (χ2n) is 6.46. The van der Waals surface area contributed by atoms with Crippen LogP contribution in [-0.4, -0.2) is 29.2 Å². The van der Waals surface area contributed by atoms with E-state index in [0.29, 0.717) is 24.7 Å². The van der Waals surface area contributed by atoms with E-state index < -0.39 is 17.5 Å². The number of hydrogen-bond donors (Lipinski definition) is 2. The van der Waals surface area contributed by atoms with Crippen LogP contribution < -0.4 is 5.32 Å². The van der Waals surface area contributed by atoms with Gasteiger partial charge in [0.05, 0.1) is 18.8 Å². The van der Waals surface area contributed by atoms with Crippen molar-refractivity contribution in [2.45, 2.75) is 37.1 Å². The molecule has 0 bridgehead atoms. The summed E-state index contributed by atoms with van der Waals surface area (Å²) in [6, 6.07) is 6.89. The molecule has 2 fully saturated rings. The van der Waals surface area contributed by atoms with Gasteiger partial charge in [-0.2, -0.15) is 18.3 Å². The molecule has 2 heterocycles. The second-order valence-corrected chi connectivity index (χ2v) is 6.46. The Bertz CT molecular complexity index is 754. The number of alkyl halides is 3. The average Bonchev–Trinajstić information content (AvgIpc) is 3.30. The quantitative estimate of drug-likeness (QED) is 0.869. The minimum absolute atomic E-state index is 0.239. The van der Waals surface area contributed by atoms with Crippen LogP contribution in [0, 0.1) is 0 Å². The van der Waals surface area contributed by atoms with Gasteiger partial charge in [0.15, 0.2) is 11.6 Å². The third kappa shape index (κ3) is 3.36. The summed E-state index contributed by atoms with van der Waals surface area (Å²) >= 11 is 0.